The van der Waals surface area contributed by atoms with E-state index in [1.807, 2.05) is 6.07 Å². The summed E-state index contributed by atoms with van der Waals surface area (Å²) < 4.78 is 15.5. The molecule has 2 heterocycles. The number of fused-ring (bicyclic) bond motifs is 1. The summed E-state index contributed by atoms with van der Waals surface area (Å²) in [7, 11) is 1.79. The van der Waals surface area contributed by atoms with Crippen LogP contribution in [0.5, 0.6) is 0 Å². The smallest absolute Gasteiger partial charge is 0.163 e. The molecular weight excluding hydrogens is 271 g/mol. The molecular formula is C14H11FN6. The molecule has 0 amide bonds. The first-order valence-electron chi connectivity index (χ1n) is 6.24. The lowest BCUT2D eigenvalue weighted by molar-refractivity contribution is 0.612. The summed E-state index contributed by atoms with van der Waals surface area (Å²) in [6.07, 6.45) is 3.09. The number of nitrogens with one attached hydrogen (secondary N) is 1. The van der Waals surface area contributed by atoms with Crippen LogP contribution in [-0.2, 0) is 13.6 Å². The number of benzene rings is 1. The van der Waals surface area contributed by atoms with Crippen molar-refractivity contribution >= 4 is 16.9 Å². The lowest BCUT2D eigenvalue weighted by Crippen LogP contribution is -2.04. The molecule has 3 aromatic rings. The Kier molecular flexibility index (Phi) is 3.20. The number of nitriles is 1. The zero-order valence-corrected chi connectivity index (χ0v) is 11.2. The van der Waals surface area contributed by atoms with Crippen LogP contribution in [0, 0.1) is 17.1 Å². The van der Waals surface area contributed by atoms with Crippen molar-refractivity contribution in [2.45, 2.75) is 6.54 Å². The third kappa shape index (κ3) is 2.39. The van der Waals surface area contributed by atoms with E-state index in [-0.39, 0.29) is 6.54 Å². The summed E-state index contributed by atoms with van der Waals surface area (Å²) in [6.45, 7) is 0.262. The zero-order chi connectivity index (χ0) is 14.8. The molecule has 6 nitrogen and oxygen atoms in total. The monoisotopic (exact) mass is 282 g/mol. The Bertz CT molecular complexity index is 848. The third-order valence-electron chi connectivity index (χ3n) is 3.16. The van der Waals surface area contributed by atoms with E-state index in [9.17, 15) is 4.39 Å². The second kappa shape index (κ2) is 5.17. The predicted octanol–water partition coefficient (Wildman–Crippen LogP) is 1.99. The Morgan fingerprint density at radius 1 is 1.38 bits per heavy atom. The number of aryl methyl sites for hydroxylation is 1. The lowest BCUT2D eigenvalue weighted by atomic mass is 10.1. The van der Waals surface area contributed by atoms with E-state index >= 15 is 0 Å². The fraction of sp³-hybridized carbons (Fsp3) is 0.143. The summed E-state index contributed by atoms with van der Waals surface area (Å²) in [5.41, 5.74) is 1.46. The maximum absolute atomic E-state index is 13.8. The summed E-state index contributed by atoms with van der Waals surface area (Å²) in [5, 5.41) is 16.7. The van der Waals surface area contributed by atoms with E-state index in [1.165, 1.54) is 12.4 Å². The zero-order valence-electron chi connectivity index (χ0n) is 11.2. The second-order valence-corrected chi connectivity index (χ2v) is 4.50. The quantitative estimate of drug-likeness (QED) is 0.794. The first-order valence-corrected chi connectivity index (χ1v) is 6.24. The van der Waals surface area contributed by atoms with Crippen LogP contribution in [0.1, 0.15) is 11.1 Å². The average Bonchev–Trinajstić information content (AvgIpc) is 2.88. The van der Waals surface area contributed by atoms with E-state index in [4.69, 9.17) is 5.26 Å². The number of halogens is 1. The van der Waals surface area contributed by atoms with Gasteiger partial charge in [-0.25, -0.2) is 14.4 Å². The van der Waals surface area contributed by atoms with Crippen LogP contribution >= 0.6 is 0 Å². The summed E-state index contributed by atoms with van der Waals surface area (Å²) >= 11 is 0. The van der Waals surface area contributed by atoms with Gasteiger partial charge in [0.1, 0.15) is 18.0 Å². The fourth-order valence-electron chi connectivity index (χ4n) is 2.04. The highest BCUT2D eigenvalue weighted by Crippen LogP contribution is 2.19. The molecule has 0 saturated carbocycles. The average molecular weight is 282 g/mol. The van der Waals surface area contributed by atoms with Gasteiger partial charge in [0.15, 0.2) is 5.65 Å². The molecule has 0 aliphatic rings. The van der Waals surface area contributed by atoms with Gasteiger partial charge >= 0.3 is 0 Å². The molecule has 1 aromatic carbocycles. The number of anilines is 1. The van der Waals surface area contributed by atoms with Gasteiger partial charge in [-0.15, -0.1) is 0 Å². The van der Waals surface area contributed by atoms with Crippen LogP contribution in [-0.4, -0.2) is 19.7 Å². The Hall–Kier alpha value is -3.01. The molecule has 0 saturated heterocycles. The van der Waals surface area contributed by atoms with Gasteiger partial charge in [0.05, 0.1) is 23.2 Å². The van der Waals surface area contributed by atoms with E-state index in [0.717, 1.165) is 5.39 Å². The maximum atomic E-state index is 13.8. The van der Waals surface area contributed by atoms with Crippen molar-refractivity contribution in [3.63, 3.8) is 0 Å². The minimum absolute atomic E-state index is 0.262. The van der Waals surface area contributed by atoms with E-state index < -0.39 is 5.82 Å². The Balaban J connectivity index is 1.85. The van der Waals surface area contributed by atoms with Gasteiger partial charge < -0.3 is 5.32 Å². The fourth-order valence-corrected chi connectivity index (χ4v) is 2.04. The molecule has 21 heavy (non-hydrogen) atoms. The number of rotatable bonds is 3. The summed E-state index contributed by atoms with van der Waals surface area (Å²) in [4.78, 5) is 8.28. The van der Waals surface area contributed by atoms with Crippen molar-refractivity contribution in [2.75, 3.05) is 5.32 Å². The molecule has 0 aliphatic carbocycles. The Labute approximate surface area is 119 Å². The molecule has 0 aliphatic heterocycles. The molecule has 3 rings (SSSR count). The van der Waals surface area contributed by atoms with Crippen molar-refractivity contribution < 1.29 is 4.39 Å². The number of nitrogens with zero attached hydrogens (tertiary/aromatic N) is 5. The number of aromatic nitrogens is 4. The highest BCUT2D eigenvalue weighted by atomic mass is 19.1. The van der Waals surface area contributed by atoms with Crippen molar-refractivity contribution in [1.29, 1.82) is 5.26 Å². The molecule has 2 aromatic heterocycles. The van der Waals surface area contributed by atoms with E-state index in [2.05, 4.69) is 20.4 Å². The van der Waals surface area contributed by atoms with Gasteiger partial charge in [-0.1, -0.05) is 6.07 Å². The van der Waals surface area contributed by atoms with Gasteiger partial charge in [0, 0.05) is 19.2 Å². The third-order valence-corrected chi connectivity index (χ3v) is 3.16. The summed E-state index contributed by atoms with van der Waals surface area (Å²) in [6, 6.07) is 6.29. The lowest BCUT2D eigenvalue weighted by Gasteiger charge is -2.07. The standard InChI is InChI=1S/C14H11FN6/c1-21-14-11(7-20-21)13(18-8-19-14)17-6-10-3-2-9(5-16)4-12(10)15/h2-4,7-8H,6H2,1H3,(H,17,18,19). The van der Waals surface area contributed by atoms with Crippen LogP contribution in [0.3, 0.4) is 0 Å². The Morgan fingerprint density at radius 2 is 2.24 bits per heavy atom. The molecule has 0 unspecified atom stereocenters. The molecule has 104 valence electrons. The largest absolute Gasteiger partial charge is 0.365 e. The molecule has 1 N–H and O–H groups in total. The van der Waals surface area contributed by atoms with Gasteiger partial charge in [0.25, 0.3) is 0 Å². The minimum atomic E-state index is -0.418. The first-order chi connectivity index (χ1) is 10.2. The van der Waals surface area contributed by atoms with Gasteiger partial charge in [-0.05, 0) is 12.1 Å². The molecule has 0 spiro atoms. The van der Waals surface area contributed by atoms with Gasteiger partial charge in [0.2, 0.25) is 0 Å². The van der Waals surface area contributed by atoms with Crippen molar-refractivity contribution in [3.8, 4) is 6.07 Å². The van der Waals surface area contributed by atoms with Gasteiger partial charge in [-0.2, -0.15) is 10.4 Å². The normalized spacial score (nSPS) is 10.5. The highest BCUT2D eigenvalue weighted by molar-refractivity contribution is 5.85. The molecule has 0 bridgehead atoms. The number of hydrogen-bond donors (Lipinski definition) is 1. The van der Waals surface area contributed by atoms with E-state index in [1.54, 1.807) is 30.1 Å². The van der Waals surface area contributed by atoms with Crippen LogP contribution in [0.15, 0.2) is 30.7 Å². The van der Waals surface area contributed by atoms with E-state index in [0.29, 0.717) is 22.6 Å². The first kappa shape index (κ1) is 13.0. The molecule has 0 fully saturated rings. The molecule has 0 atom stereocenters. The topological polar surface area (TPSA) is 79.4 Å². The molecule has 7 heteroatoms. The van der Waals surface area contributed by atoms with Crippen molar-refractivity contribution in [3.05, 3.63) is 47.7 Å². The minimum Gasteiger partial charge on any atom is -0.365 e. The SMILES string of the molecule is Cn1ncc2c(NCc3ccc(C#N)cc3F)ncnc21. The van der Waals surface area contributed by atoms with Crippen LogP contribution in [0.25, 0.3) is 11.0 Å². The van der Waals surface area contributed by atoms with Crippen molar-refractivity contribution in [2.24, 2.45) is 7.05 Å². The second-order valence-electron chi connectivity index (χ2n) is 4.50. The van der Waals surface area contributed by atoms with Gasteiger partial charge in [-0.3, -0.25) is 4.68 Å². The van der Waals surface area contributed by atoms with Crippen molar-refractivity contribution in [1.82, 2.24) is 19.7 Å². The molecule has 0 radical (unpaired) electrons. The highest BCUT2D eigenvalue weighted by Gasteiger charge is 2.09. The summed E-state index contributed by atoms with van der Waals surface area (Å²) in [5.74, 6) is 0.176. The van der Waals surface area contributed by atoms with Crippen LogP contribution in [0.2, 0.25) is 0 Å². The maximum Gasteiger partial charge on any atom is 0.163 e. The number of hydrogen-bond acceptors (Lipinski definition) is 5. The predicted molar refractivity (Wildman–Crippen MR) is 74.7 cm³/mol. The van der Waals surface area contributed by atoms with Crippen LogP contribution < -0.4 is 5.32 Å². The Morgan fingerprint density at radius 3 is 3.00 bits per heavy atom. The van der Waals surface area contributed by atoms with Crippen LogP contribution in [0.4, 0.5) is 10.2 Å².